The number of hydrogen-bond donors (Lipinski definition) is 0. The van der Waals surface area contributed by atoms with Gasteiger partial charge in [0.25, 0.3) is 0 Å². The number of pyridine rings is 1. The molecule has 0 saturated carbocycles. The molecule has 0 spiro atoms. The summed E-state index contributed by atoms with van der Waals surface area (Å²) in [6, 6.07) is 9.30. The van der Waals surface area contributed by atoms with Gasteiger partial charge in [0, 0.05) is 13.7 Å². The Morgan fingerprint density at radius 1 is 1.38 bits per heavy atom. The van der Waals surface area contributed by atoms with Crippen LogP contribution in [0.1, 0.15) is 17.2 Å². The second-order valence-corrected chi connectivity index (χ2v) is 4.95. The average molecular weight is 306 g/mol. The van der Waals surface area contributed by atoms with E-state index < -0.39 is 0 Å². The molecule has 0 unspecified atom stereocenters. The number of aryl methyl sites for hydroxylation is 1. The van der Waals surface area contributed by atoms with Crippen molar-refractivity contribution in [2.24, 2.45) is 0 Å². The highest BCUT2D eigenvalue weighted by atomic mass is 35.5. The first-order valence-corrected chi connectivity index (χ1v) is 6.87. The number of rotatable bonds is 6. The first-order chi connectivity index (χ1) is 10.1. The van der Waals surface area contributed by atoms with Gasteiger partial charge in [0.05, 0.1) is 18.2 Å². The molecule has 2 rings (SSSR count). The molecule has 2 heterocycles. The van der Waals surface area contributed by atoms with Gasteiger partial charge in [-0.15, -0.1) is 0 Å². The number of methoxy groups -OCH3 is 1. The number of hydrogen-bond acceptors (Lipinski definition) is 5. The predicted octanol–water partition coefficient (Wildman–Crippen LogP) is 3.16. The Morgan fingerprint density at radius 2 is 2.19 bits per heavy atom. The van der Waals surface area contributed by atoms with Crippen LogP contribution in [0.5, 0.6) is 0 Å². The Labute approximate surface area is 128 Å². The van der Waals surface area contributed by atoms with Gasteiger partial charge in [0.2, 0.25) is 0 Å². The van der Waals surface area contributed by atoms with E-state index in [0.717, 1.165) is 11.5 Å². The summed E-state index contributed by atoms with van der Waals surface area (Å²) in [7, 11) is 1.64. The Kier molecular flexibility index (Phi) is 5.20. The van der Waals surface area contributed by atoms with Crippen LogP contribution in [0.25, 0.3) is 0 Å². The van der Waals surface area contributed by atoms with E-state index in [1.54, 1.807) is 19.2 Å². The SMILES string of the molecule is COCCN(Cc1ccc(C)o1)c1ccc(Cl)c(C#N)n1. The summed E-state index contributed by atoms with van der Waals surface area (Å²) in [5, 5.41) is 9.38. The van der Waals surface area contributed by atoms with Crippen LogP contribution in [0.3, 0.4) is 0 Å². The van der Waals surface area contributed by atoms with Gasteiger partial charge in [0.1, 0.15) is 23.4 Å². The molecule has 0 aliphatic carbocycles. The maximum Gasteiger partial charge on any atom is 0.161 e. The van der Waals surface area contributed by atoms with E-state index in [9.17, 15) is 0 Å². The van der Waals surface area contributed by atoms with Crippen molar-refractivity contribution in [2.75, 3.05) is 25.2 Å². The van der Waals surface area contributed by atoms with E-state index in [2.05, 4.69) is 4.98 Å². The second-order valence-electron chi connectivity index (χ2n) is 4.54. The molecule has 0 amide bonds. The van der Waals surface area contributed by atoms with Gasteiger partial charge in [-0.25, -0.2) is 4.98 Å². The maximum atomic E-state index is 9.04. The normalized spacial score (nSPS) is 10.4. The number of anilines is 1. The topological polar surface area (TPSA) is 62.3 Å². The largest absolute Gasteiger partial charge is 0.464 e. The van der Waals surface area contributed by atoms with E-state index in [4.69, 9.17) is 26.0 Å². The van der Waals surface area contributed by atoms with Gasteiger partial charge in [-0.05, 0) is 31.2 Å². The van der Waals surface area contributed by atoms with Crippen molar-refractivity contribution < 1.29 is 9.15 Å². The van der Waals surface area contributed by atoms with Crippen molar-refractivity contribution in [3.63, 3.8) is 0 Å². The molecule has 0 atom stereocenters. The predicted molar refractivity (Wildman–Crippen MR) is 80.3 cm³/mol. The molecule has 0 radical (unpaired) electrons. The third-order valence-electron chi connectivity index (χ3n) is 2.97. The number of nitriles is 1. The molecule has 0 bridgehead atoms. The molecule has 5 nitrogen and oxygen atoms in total. The lowest BCUT2D eigenvalue weighted by Crippen LogP contribution is -2.27. The Hall–Kier alpha value is -2.03. The summed E-state index contributed by atoms with van der Waals surface area (Å²) in [5.74, 6) is 2.36. The molecule has 0 aliphatic rings. The molecule has 0 aromatic carbocycles. The van der Waals surface area contributed by atoms with Gasteiger partial charge >= 0.3 is 0 Å². The third kappa shape index (κ3) is 3.97. The van der Waals surface area contributed by atoms with Gasteiger partial charge < -0.3 is 14.1 Å². The molecule has 0 saturated heterocycles. The summed E-state index contributed by atoms with van der Waals surface area (Å²) >= 11 is 5.92. The smallest absolute Gasteiger partial charge is 0.161 e. The first-order valence-electron chi connectivity index (χ1n) is 6.50. The summed E-state index contributed by atoms with van der Waals surface area (Å²) in [6.45, 7) is 3.63. The maximum absolute atomic E-state index is 9.04. The van der Waals surface area contributed by atoms with Crippen LogP contribution in [0.15, 0.2) is 28.7 Å². The fourth-order valence-electron chi connectivity index (χ4n) is 1.92. The van der Waals surface area contributed by atoms with E-state index >= 15 is 0 Å². The van der Waals surface area contributed by atoms with Gasteiger partial charge in [-0.1, -0.05) is 11.6 Å². The van der Waals surface area contributed by atoms with Crippen molar-refractivity contribution in [1.29, 1.82) is 5.26 Å². The van der Waals surface area contributed by atoms with Crippen LogP contribution in [0.4, 0.5) is 5.82 Å². The highest BCUT2D eigenvalue weighted by Crippen LogP contribution is 2.21. The van der Waals surface area contributed by atoms with Gasteiger partial charge in [0.15, 0.2) is 5.69 Å². The zero-order chi connectivity index (χ0) is 15.2. The third-order valence-corrected chi connectivity index (χ3v) is 3.27. The molecule has 21 heavy (non-hydrogen) atoms. The van der Waals surface area contributed by atoms with Crippen LogP contribution in [-0.4, -0.2) is 25.2 Å². The zero-order valence-electron chi connectivity index (χ0n) is 12.0. The van der Waals surface area contributed by atoms with Crippen LogP contribution in [-0.2, 0) is 11.3 Å². The van der Waals surface area contributed by atoms with Crippen molar-refractivity contribution in [3.8, 4) is 6.07 Å². The molecule has 2 aromatic heterocycles. The van der Waals surface area contributed by atoms with Crippen molar-refractivity contribution in [1.82, 2.24) is 4.98 Å². The lowest BCUT2D eigenvalue weighted by atomic mass is 10.3. The second kappa shape index (κ2) is 7.11. The number of nitrogens with zero attached hydrogens (tertiary/aromatic N) is 3. The standard InChI is InChI=1S/C15H16ClN3O2/c1-11-3-4-12(21-11)10-19(7-8-20-2)15-6-5-13(16)14(9-17)18-15/h3-6H,7-8,10H2,1-2H3. The molecule has 110 valence electrons. The van der Waals surface area contributed by atoms with Crippen LogP contribution in [0.2, 0.25) is 5.02 Å². The van der Waals surface area contributed by atoms with E-state index in [0.29, 0.717) is 30.5 Å². The lowest BCUT2D eigenvalue weighted by Gasteiger charge is -2.22. The molecular weight excluding hydrogens is 290 g/mol. The van der Waals surface area contributed by atoms with Crippen LogP contribution >= 0.6 is 11.6 Å². The van der Waals surface area contributed by atoms with E-state index in [1.807, 2.05) is 30.0 Å². The minimum absolute atomic E-state index is 0.215. The fraction of sp³-hybridized carbons (Fsp3) is 0.333. The Bertz CT molecular complexity index is 649. The van der Waals surface area contributed by atoms with Crippen molar-refractivity contribution in [2.45, 2.75) is 13.5 Å². The van der Waals surface area contributed by atoms with Gasteiger partial charge in [-0.3, -0.25) is 0 Å². The molecule has 6 heteroatoms. The molecule has 2 aromatic rings. The van der Waals surface area contributed by atoms with Crippen molar-refractivity contribution in [3.05, 3.63) is 46.5 Å². The van der Waals surface area contributed by atoms with E-state index in [1.165, 1.54) is 0 Å². The highest BCUT2D eigenvalue weighted by molar-refractivity contribution is 6.31. The minimum atomic E-state index is 0.215. The molecule has 0 fully saturated rings. The Morgan fingerprint density at radius 3 is 2.81 bits per heavy atom. The summed E-state index contributed by atoms with van der Waals surface area (Å²) in [6.07, 6.45) is 0. The molecule has 0 N–H and O–H groups in total. The Balaban J connectivity index is 2.24. The summed E-state index contributed by atoms with van der Waals surface area (Å²) in [4.78, 5) is 6.27. The van der Waals surface area contributed by atoms with Crippen molar-refractivity contribution >= 4 is 17.4 Å². The van der Waals surface area contributed by atoms with Gasteiger partial charge in [-0.2, -0.15) is 5.26 Å². The zero-order valence-corrected chi connectivity index (χ0v) is 12.7. The monoisotopic (exact) mass is 305 g/mol. The number of aromatic nitrogens is 1. The van der Waals surface area contributed by atoms with Crippen LogP contribution in [0, 0.1) is 18.3 Å². The fourth-order valence-corrected chi connectivity index (χ4v) is 2.07. The summed E-state index contributed by atoms with van der Waals surface area (Å²) in [5.41, 5.74) is 0.215. The first kappa shape index (κ1) is 15.4. The number of furan rings is 1. The van der Waals surface area contributed by atoms with Crippen LogP contribution < -0.4 is 4.90 Å². The quantitative estimate of drug-likeness (QED) is 0.820. The van der Waals surface area contributed by atoms with E-state index in [-0.39, 0.29) is 5.69 Å². The minimum Gasteiger partial charge on any atom is -0.464 e. The summed E-state index contributed by atoms with van der Waals surface area (Å²) < 4.78 is 10.7. The average Bonchev–Trinajstić information content (AvgIpc) is 2.89. The number of halogens is 1. The highest BCUT2D eigenvalue weighted by Gasteiger charge is 2.13. The molecular formula is C15H16ClN3O2. The number of ether oxygens (including phenoxy) is 1. The lowest BCUT2D eigenvalue weighted by molar-refractivity contribution is 0.204. The molecule has 0 aliphatic heterocycles.